The lowest BCUT2D eigenvalue weighted by Crippen LogP contribution is -2.24. The van der Waals surface area contributed by atoms with Gasteiger partial charge in [-0.2, -0.15) is 0 Å². The second kappa shape index (κ2) is 6.86. The van der Waals surface area contributed by atoms with E-state index in [-0.39, 0.29) is 18.8 Å². The molecule has 1 aromatic rings. The predicted molar refractivity (Wildman–Crippen MR) is 66.6 cm³/mol. The summed E-state index contributed by atoms with van der Waals surface area (Å²) >= 11 is 5.74. The molecule has 0 aliphatic carbocycles. The number of halogens is 1. The number of ketones is 1. The molecule has 0 aliphatic rings. The van der Waals surface area contributed by atoms with E-state index in [1.807, 2.05) is 0 Å². The number of Topliss-reactive ketones (excluding diaryl/α,β-unsaturated/α-hetero) is 1. The lowest BCUT2D eigenvalue weighted by atomic mass is 10.0. The van der Waals surface area contributed by atoms with Gasteiger partial charge in [0, 0.05) is 17.0 Å². The molecule has 0 N–H and O–H groups in total. The quantitative estimate of drug-likeness (QED) is 0.452. The highest BCUT2D eigenvalue weighted by atomic mass is 35.5. The van der Waals surface area contributed by atoms with Crippen molar-refractivity contribution in [3.8, 4) is 0 Å². The number of nitrogens with zero attached hydrogens (tertiary/aromatic N) is 1. The summed E-state index contributed by atoms with van der Waals surface area (Å²) < 4.78 is 4.64. The van der Waals surface area contributed by atoms with Crippen LogP contribution in [-0.4, -0.2) is 24.4 Å². The first-order valence-electron chi connectivity index (χ1n) is 5.36. The van der Waals surface area contributed by atoms with Crippen molar-refractivity contribution < 1.29 is 14.3 Å². The smallest absolute Gasteiger partial charge is 0.335 e. The number of rotatable bonds is 6. The van der Waals surface area contributed by atoms with Crippen LogP contribution in [0.25, 0.3) is 0 Å². The van der Waals surface area contributed by atoms with Gasteiger partial charge >= 0.3 is 5.97 Å². The van der Waals surface area contributed by atoms with Crippen molar-refractivity contribution in [2.75, 3.05) is 6.61 Å². The highest BCUT2D eigenvalue weighted by Crippen LogP contribution is 2.14. The molecule has 96 valence electrons. The number of ether oxygens (including phenoxy) is 1. The van der Waals surface area contributed by atoms with Crippen LogP contribution in [0, 0.1) is 4.91 Å². The normalized spacial score (nSPS) is 11.7. The molecule has 1 rings (SSSR count). The minimum Gasteiger partial charge on any atom is -0.464 e. The summed E-state index contributed by atoms with van der Waals surface area (Å²) in [6.07, 6.45) is -0.317. The molecule has 0 saturated carbocycles. The summed E-state index contributed by atoms with van der Waals surface area (Å²) in [6, 6.07) is 4.96. The lowest BCUT2D eigenvalue weighted by Gasteiger charge is -2.07. The largest absolute Gasteiger partial charge is 0.464 e. The van der Waals surface area contributed by atoms with Crippen molar-refractivity contribution >= 4 is 23.4 Å². The van der Waals surface area contributed by atoms with Crippen LogP contribution in [0.1, 0.15) is 23.7 Å². The van der Waals surface area contributed by atoms with E-state index in [2.05, 4.69) is 9.91 Å². The Balaban J connectivity index is 2.73. The fourth-order valence-corrected chi connectivity index (χ4v) is 1.55. The zero-order valence-corrected chi connectivity index (χ0v) is 10.5. The van der Waals surface area contributed by atoms with Crippen molar-refractivity contribution in [1.82, 2.24) is 0 Å². The molecule has 0 aromatic heterocycles. The maximum Gasteiger partial charge on any atom is 0.335 e. The SMILES string of the molecule is CCOC(=O)C(CC(=O)c1cccc(Cl)c1)N=O. The van der Waals surface area contributed by atoms with Crippen molar-refractivity contribution in [3.05, 3.63) is 39.8 Å². The minimum absolute atomic E-state index is 0.135. The third-order valence-electron chi connectivity index (χ3n) is 2.21. The Morgan fingerprint density at radius 2 is 2.17 bits per heavy atom. The van der Waals surface area contributed by atoms with Crippen LogP contribution in [0.3, 0.4) is 0 Å². The second-order valence-electron chi connectivity index (χ2n) is 3.51. The van der Waals surface area contributed by atoms with Gasteiger partial charge in [-0.05, 0) is 19.1 Å². The van der Waals surface area contributed by atoms with Crippen LogP contribution in [0.2, 0.25) is 5.02 Å². The van der Waals surface area contributed by atoms with Gasteiger partial charge < -0.3 is 4.74 Å². The van der Waals surface area contributed by atoms with E-state index in [9.17, 15) is 14.5 Å². The average molecular weight is 270 g/mol. The summed E-state index contributed by atoms with van der Waals surface area (Å²) in [6.45, 7) is 1.74. The summed E-state index contributed by atoms with van der Waals surface area (Å²) in [5.74, 6) is -1.17. The first-order valence-corrected chi connectivity index (χ1v) is 5.74. The molecule has 6 heteroatoms. The number of hydrogen-bond acceptors (Lipinski definition) is 5. The monoisotopic (exact) mass is 269 g/mol. The van der Waals surface area contributed by atoms with E-state index >= 15 is 0 Å². The molecule has 1 unspecified atom stereocenters. The Morgan fingerprint density at radius 1 is 1.44 bits per heavy atom. The number of esters is 1. The van der Waals surface area contributed by atoms with Gasteiger partial charge in [-0.15, -0.1) is 4.91 Å². The number of nitroso groups, excluding NO2 is 1. The maximum absolute atomic E-state index is 11.8. The average Bonchev–Trinajstić information content (AvgIpc) is 2.35. The van der Waals surface area contributed by atoms with Crippen LogP contribution in [0.5, 0.6) is 0 Å². The topological polar surface area (TPSA) is 72.8 Å². The zero-order valence-electron chi connectivity index (χ0n) is 9.76. The van der Waals surface area contributed by atoms with Crippen molar-refractivity contribution in [1.29, 1.82) is 0 Å². The van der Waals surface area contributed by atoms with E-state index < -0.39 is 12.0 Å². The third-order valence-corrected chi connectivity index (χ3v) is 2.45. The van der Waals surface area contributed by atoms with E-state index in [1.54, 1.807) is 25.1 Å². The summed E-state index contributed by atoms with van der Waals surface area (Å²) in [5, 5.41) is 3.03. The molecular formula is C12H12ClNO4. The molecule has 0 bridgehead atoms. The Bertz CT molecular complexity index is 461. The van der Waals surface area contributed by atoms with E-state index in [1.165, 1.54) is 6.07 Å². The molecule has 0 spiro atoms. The Kier molecular flexibility index (Phi) is 5.45. The summed E-state index contributed by atoms with van der Waals surface area (Å²) in [4.78, 5) is 33.6. The molecule has 0 heterocycles. The zero-order chi connectivity index (χ0) is 13.5. The van der Waals surface area contributed by atoms with Gasteiger partial charge in [0.2, 0.25) is 0 Å². The lowest BCUT2D eigenvalue weighted by molar-refractivity contribution is -0.144. The van der Waals surface area contributed by atoms with E-state index in [4.69, 9.17) is 11.6 Å². The van der Waals surface area contributed by atoms with Crippen molar-refractivity contribution in [3.63, 3.8) is 0 Å². The van der Waals surface area contributed by atoms with Gasteiger partial charge in [0.05, 0.1) is 6.61 Å². The van der Waals surface area contributed by atoms with Gasteiger partial charge in [-0.25, -0.2) is 4.79 Å². The van der Waals surface area contributed by atoms with Crippen LogP contribution in [0.4, 0.5) is 0 Å². The summed E-state index contributed by atoms with van der Waals surface area (Å²) in [5.41, 5.74) is 0.334. The molecule has 18 heavy (non-hydrogen) atoms. The van der Waals surface area contributed by atoms with Crippen LogP contribution >= 0.6 is 11.6 Å². The van der Waals surface area contributed by atoms with Gasteiger partial charge in [0.1, 0.15) is 0 Å². The third kappa shape index (κ3) is 3.92. The van der Waals surface area contributed by atoms with E-state index in [0.29, 0.717) is 10.6 Å². The van der Waals surface area contributed by atoms with Gasteiger partial charge in [-0.3, -0.25) is 4.79 Å². The number of carbonyl (C=O) groups is 2. The standard InChI is InChI=1S/C12H12ClNO4/c1-2-18-12(16)10(14-17)7-11(15)8-4-3-5-9(13)6-8/h3-6,10H,2,7H2,1H3. The van der Waals surface area contributed by atoms with Crippen molar-refractivity contribution in [2.24, 2.45) is 5.18 Å². The van der Waals surface area contributed by atoms with Crippen LogP contribution < -0.4 is 0 Å². The molecule has 0 aliphatic heterocycles. The molecule has 1 aromatic carbocycles. The Labute approximate surface area is 109 Å². The van der Waals surface area contributed by atoms with Gasteiger partial charge in [-0.1, -0.05) is 28.9 Å². The van der Waals surface area contributed by atoms with E-state index in [0.717, 1.165) is 0 Å². The fraction of sp³-hybridized carbons (Fsp3) is 0.333. The molecule has 0 saturated heterocycles. The highest BCUT2D eigenvalue weighted by Gasteiger charge is 2.24. The molecule has 0 amide bonds. The Morgan fingerprint density at radius 3 is 2.72 bits per heavy atom. The second-order valence-corrected chi connectivity index (χ2v) is 3.95. The molecular weight excluding hydrogens is 258 g/mol. The van der Waals surface area contributed by atoms with Crippen molar-refractivity contribution in [2.45, 2.75) is 19.4 Å². The van der Waals surface area contributed by atoms with Gasteiger partial charge in [0.25, 0.3) is 0 Å². The first kappa shape index (κ1) is 14.3. The molecule has 1 atom stereocenters. The highest BCUT2D eigenvalue weighted by molar-refractivity contribution is 6.31. The number of hydrogen-bond donors (Lipinski definition) is 0. The number of carbonyl (C=O) groups excluding carboxylic acids is 2. The number of benzene rings is 1. The molecule has 5 nitrogen and oxygen atoms in total. The Hall–Kier alpha value is -1.75. The van der Waals surface area contributed by atoms with Gasteiger partial charge in [0.15, 0.2) is 11.8 Å². The first-order chi connectivity index (χ1) is 8.58. The predicted octanol–water partition coefficient (Wildman–Crippen LogP) is 2.61. The maximum atomic E-state index is 11.8. The minimum atomic E-state index is -1.31. The van der Waals surface area contributed by atoms with Crippen LogP contribution in [-0.2, 0) is 9.53 Å². The summed E-state index contributed by atoms with van der Waals surface area (Å²) in [7, 11) is 0. The molecule has 0 radical (unpaired) electrons. The fourth-order valence-electron chi connectivity index (χ4n) is 1.36. The van der Waals surface area contributed by atoms with Crippen LogP contribution in [0.15, 0.2) is 29.4 Å². The molecule has 0 fully saturated rings.